The van der Waals surface area contributed by atoms with E-state index in [-0.39, 0.29) is 5.41 Å². The second-order valence-corrected chi connectivity index (χ2v) is 5.69. The molecule has 0 atom stereocenters. The summed E-state index contributed by atoms with van der Waals surface area (Å²) >= 11 is 0. The molecule has 1 heterocycles. The van der Waals surface area contributed by atoms with Crippen LogP contribution in [0.5, 0.6) is 0 Å². The van der Waals surface area contributed by atoms with Crippen molar-refractivity contribution in [1.29, 1.82) is 0 Å². The molecule has 3 rings (SSSR count). The lowest BCUT2D eigenvalue weighted by Gasteiger charge is -2.12. The van der Waals surface area contributed by atoms with Crippen LogP contribution in [-0.2, 0) is 0 Å². The van der Waals surface area contributed by atoms with Crippen LogP contribution in [0.3, 0.4) is 0 Å². The molecule has 0 fully saturated rings. The first-order valence-electron chi connectivity index (χ1n) is 8.06. The standard InChI is InChI=1S/C15H15N.C3H8.C2H6/c1-15(2)9-7-12-11-5-3-4-6-13(11)16-14(12)8-10-15;1-3-2;1-2/h3-10,16H,1-2H3;3H2,1-2H3;1-2H3. The fraction of sp³-hybridized carbons (Fsp3) is 0.400. The minimum Gasteiger partial charge on any atom is -0.355 e. The number of allylic oxidation sites excluding steroid dienone is 2. The predicted octanol–water partition coefficient (Wildman–Crippen LogP) is 6.68. The van der Waals surface area contributed by atoms with E-state index in [0.717, 1.165) is 0 Å². The molecule has 2 aromatic rings. The van der Waals surface area contributed by atoms with E-state index in [1.165, 1.54) is 28.6 Å². The molecule has 1 N–H and O–H groups in total. The maximum absolute atomic E-state index is 3.46. The molecule has 0 saturated carbocycles. The maximum Gasteiger partial charge on any atom is 0.0464 e. The third-order valence-electron chi connectivity index (χ3n) is 3.14. The summed E-state index contributed by atoms with van der Waals surface area (Å²) in [5, 5.41) is 1.30. The number of hydrogen-bond acceptors (Lipinski definition) is 0. The van der Waals surface area contributed by atoms with E-state index >= 15 is 0 Å². The van der Waals surface area contributed by atoms with E-state index in [0.29, 0.717) is 0 Å². The highest BCUT2D eigenvalue weighted by Crippen LogP contribution is 2.31. The third kappa shape index (κ3) is 4.35. The lowest BCUT2D eigenvalue weighted by Crippen LogP contribution is -2.00. The quantitative estimate of drug-likeness (QED) is 0.555. The molecule has 1 aliphatic rings. The predicted molar refractivity (Wildman–Crippen MR) is 97.5 cm³/mol. The smallest absolute Gasteiger partial charge is 0.0464 e. The number of hydrogen-bond donors (Lipinski definition) is 1. The molecule has 0 aliphatic heterocycles. The van der Waals surface area contributed by atoms with Gasteiger partial charge < -0.3 is 4.98 Å². The Balaban J connectivity index is 0.000000395. The molecule has 114 valence electrons. The van der Waals surface area contributed by atoms with Crippen molar-refractivity contribution in [1.82, 2.24) is 4.98 Å². The van der Waals surface area contributed by atoms with E-state index in [1.807, 2.05) is 13.8 Å². The monoisotopic (exact) mass is 283 g/mol. The number of aromatic amines is 1. The van der Waals surface area contributed by atoms with Crippen LogP contribution in [0.4, 0.5) is 0 Å². The van der Waals surface area contributed by atoms with Gasteiger partial charge in [-0.05, 0) is 12.1 Å². The molecule has 1 nitrogen and oxygen atoms in total. The minimum atomic E-state index is 0.140. The number of para-hydroxylation sites is 1. The van der Waals surface area contributed by atoms with Crippen molar-refractivity contribution in [2.75, 3.05) is 0 Å². The van der Waals surface area contributed by atoms with E-state index in [1.54, 1.807) is 0 Å². The van der Waals surface area contributed by atoms with E-state index in [9.17, 15) is 0 Å². The van der Waals surface area contributed by atoms with Crippen LogP contribution in [0, 0.1) is 5.41 Å². The second kappa shape index (κ2) is 7.87. The first-order chi connectivity index (χ1) is 10.1. The van der Waals surface area contributed by atoms with Gasteiger partial charge in [0.2, 0.25) is 0 Å². The Labute approximate surface area is 129 Å². The summed E-state index contributed by atoms with van der Waals surface area (Å²) < 4.78 is 0. The highest BCUT2D eigenvalue weighted by molar-refractivity contribution is 5.93. The Morgan fingerprint density at radius 3 is 2.19 bits per heavy atom. The van der Waals surface area contributed by atoms with Crippen LogP contribution in [0.1, 0.15) is 59.2 Å². The molecule has 0 bridgehead atoms. The van der Waals surface area contributed by atoms with Crippen molar-refractivity contribution in [3.63, 3.8) is 0 Å². The van der Waals surface area contributed by atoms with Crippen molar-refractivity contribution < 1.29 is 0 Å². The van der Waals surface area contributed by atoms with Gasteiger partial charge in [-0.2, -0.15) is 0 Å². The zero-order valence-corrected chi connectivity index (χ0v) is 14.3. The van der Waals surface area contributed by atoms with Crippen LogP contribution in [0.15, 0.2) is 36.4 Å². The SMILES string of the molecule is CC.CC1(C)C=Cc2[nH]c3ccccc3c2C=C1.CCC. The van der Waals surface area contributed by atoms with Gasteiger partial charge in [0.15, 0.2) is 0 Å². The average Bonchev–Trinajstić information content (AvgIpc) is 2.76. The molecular formula is C20H29N. The second-order valence-electron chi connectivity index (χ2n) is 5.69. The molecule has 0 spiro atoms. The van der Waals surface area contributed by atoms with Crippen LogP contribution in [-0.4, -0.2) is 4.98 Å². The number of aromatic nitrogens is 1. The van der Waals surface area contributed by atoms with Gasteiger partial charge in [0, 0.05) is 27.6 Å². The zero-order chi connectivity index (χ0) is 15.9. The largest absolute Gasteiger partial charge is 0.355 e. The molecule has 0 saturated heterocycles. The zero-order valence-electron chi connectivity index (χ0n) is 14.3. The van der Waals surface area contributed by atoms with Gasteiger partial charge in [0.05, 0.1) is 0 Å². The van der Waals surface area contributed by atoms with Gasteiger partial charge in [0.25, 0.3) is 0 Å². The summed E-state index contributed by atoms with van der Waals surface area (Å²) in [7, 11) is 0. The van der Waals surface area contributed by atoms with Crippen molar-refractivity contribution >= 4 is 23.1 Å². The van der Waals surface area contributed by atoms with Gasteiger partial charge in [-0.25, -0.2) is 0 Å². The van der Waals surface area contributed by atoms with E-state index in [2.05, 4.69) is 81.2 Å². The molecule has 0 amide bonds. The normalized spacial score (nSPS) is 14.4. The summed E-state index contributed by atoms with van der Waals surface area (Å²) in [4.78, 5) is 3.46. The van der Waals surface area contributed by atoms with Crippen molar-refractivity contribution in [2.45, 2.75) is 48.0 Å². The Kier molecular flexibility index (Phi) is 6.48. The van der Waals surface area contributed by atoms with Crippen LogP contribution < -0.4 is 0 Å². The highest BCUT2D eigenvalue weighted by atomic mass is 14.7. The lowest BCUT2D eigenvalue weighted by molar-refractivity contribution is 0.633. The van der Waals surface area contributed by atoms with Crippen LogP contribution >= 0.6 is 0 Å². The molecule has 1 heteroatoms. The van der Waals surface area contributed by atoms with E-state index < -0.39 is 0 Å². The third-order valence-corrected chi connectivity index (χ3v) is 3.14. The number of benzene rings is 1. The first kappa shape index (κ1) is 17.3. The Bertz CT molecular complexity index is 612. The van der Waals surface area contributed by atoms with Gasteiger partial charge >= 0.3 is 0 Å². The summed E-state index contributed by atoms with van der Waals surface area (Å²) in [6, 6.07) is 8.44. The molecule has 21 heavy (non-hydrogen) atoms. The fourth-order valence-corrected chi connectivity index (χ4v) is 2.15. The molecule has 1 aliphatic carbocycles. The lowest BCUT2D eigenvalue weighted by atomic mass is 9.93. The molecular weight excluding hydrogens is 254 g/mol. The van der Waals surface area contributed by atoms with Gasteiger partial charge in [-0.15, -0.1) is 0 Å². The van der Waals surface area contributed by atoms with Crippen LogP contribution in [0.25, 0.3) is 23.1 Å². The maximum atomic E-state index is 3.46. The topological polar surface area (TPSA) is 15.8 Å². The Morgan fingerprint density at radius 1 is 0.952 bits per heavy atom. The van der Waals surface area contributed by atoms with E-state index in [4.69, 9.17) is 0 Å². The fourth-order valence-electron chi connectivity index (χ4n) is 2.15. The van der Waals surface area contributed by atoms with Crippen molar-refractivity contribution in [3.05, 3.63) is 47.7 Å². The van der Waals surface area contributed by atoms with Crippen molar-refractivity contribution in [2.24, 2.45) is 5.41 Å². The number of H-pyrrole nitrogens is 1. The van der Waals surface area contributed by atoms with Crippen molar-refractivity contribution in [3.8, 4) is 0 Å². The van der Waals surface area contributed by atoms with Gasteiger partial charge in [0.1, 0.15) is 0 Å². The molecule has 1 aromatic heterocycles. The summed E-state index contributed by atoms with van der Waals surface area (Å²) in [6.07, 6.45) is 10.2. The Hall–Kier alpha value is -1.76. The molecule has 0 unspecified atom stereocenters. The van der Waals surface area contributed by atoms with Crippen LogP contribution in [0.2, 0.25) is 0 Å². The summed E-state index contributed by atoms with van der Waals surface area (Å²) in [6.45, 7) is 12.7. The molecule has 1 aromatic carbocycles. The summed E-state index contributed by atoms with van der Waals surface area (Å²) in [5.41, 5.74) is 3.86. The van der Waals surface area contributed by atoms with Gasteiger partial charge in [-0.3, -0.25) is 0 Å². The average molecular weight is 283 g/mol. The number of fused-ring (bicyclic) bond motifs is 3. The number of rotatable bonds is 0. The number of nitrogens with one attached hydrogen (secondary N) is 1. The summed E-state index contributed by atoms with van der Waals surface area (Å²) in [5.74, 6) is 0. The minimum absolute atomic E-state index is 0.140. The Morgan fingerprint density at radius 2 is 1.52 bits per heavy atom. The molecule has 0 radical (unpaired) electrons. The first-order valence-corrected chi connectivity index (χ1v) is 8.06. The highest BCUT2D eigenvalue weighted by Gasteiger charge is 2.15. The van der Waals surface area contributed by atoms with Gasteiger partial charge in [-0.1, -0.05) is 84.4 Å².